The summed E-state index contributed by atoms with van der Waals surface area (Å²) >= 11 is 11.3. The molecule has 0 amide bonds. The monoisotopic (exact) mass is 524 g/mol. The number of alkyl halides is 3. The van der Waals surface area contributed by atoms with Gasteiger partial charge in [0.15, 0.2) is 0 Å². The summed E-state index contributed by atoms with van der Waals surface area (Å²) in [5.74, 6) is -0.524. The quantitative estimate of drug-likeness (QED) is 0.330. The predicted molar refractivity (Wildman–Crippen MR) is 130 cm³/mol. The Morgan fingerprint density at radius 2 is 1.66 bits per heavy atom. The Morgan fingerprint density at radius 1 is 1.03 bits per heavy atom. The summed E-state index contributed by atoms with van der Waals surface area (Å²) < 4.78 is 47.8. The van der Waals surface area contributed by atoms with E-state index in [-0.39, 0.29) is 11.4 Å². The van der Waals surface area contributed by atoms with Crippen LogP contribution < -0.4 is 4.74 Å². The fourth-order valence-electron chi connectivity index (χ4n) is 3.71. The second kappa shape index (κ2) is 10.9. The molecule has 0 saturated carbocycles. The van der Waals surface area contributed by atoms with Crippen molar-refractivity contribution in [3.8, 4) is 5.75 Å². The van der Waals surface area contributed by atoms with Gasteiger partial charge in [-0.25, -0.2) is 4.68 Å². The molecule has 0 unspecified atom stereocenters. The first-order chi connectivity index (χ1) is 16.7. The van der Waals surface area contributed by atoms with Gasteiger partial charge in [0.1, 0.15) is 5.75 Å². The van der Waals surface area contributed by atoms with Crippen molar-refractivity contribution in [2.75, 3.05) is 33.3 Å². The molecule has 1 aliphatic rings. The molecule has 1 aliphatic heterocycles. The van der Waals surface area contributed by atoms with Crippen molar-refractivity contribution in [3.05, 3.63) is 75.3 Å². The van der Waals surface area contributed by atoms with E-state index in [4.69, 9.17) is 28.6 Å². The number of rotatable bonds is 7. The van der Waals surface area contributed by atoms with Crippen LogP contribution in [0, 0.1) is 4.77 Å². The molecule has 4 rings (SSSR count). The van der Waals surface area contributed by atoms with Gasteiger partial charge in [-0.2, -0.15) is 22.9 Å². The zero-order valence-electron chi connectivity index (χ0n) is 19.0. The maximum atomic E-state index is 13.7. The van der Waals surface area contributed by atoms with Gasteiger partial charge in [0.05, 0.1) is 20.0 Å². The molecule has 12 heteroatoms. The molecule has 1 aromatic heterocycles. The smallest absolute Gasteiger partial charge is 0.453 e. The normalized spacial score (nSPS) is 15.7. The molecule has 0 atom stereocenters. The third-order valence-corrected chi connectivity index (χ3v) is 6.26. The summed E-state index contributed by atoms with van der Waals surface area (Å²) in [4.78, 5) is 4.32. The van der Waals surface area contributed by atoms with E-state index in [1.807, 2.05) is 29.2 Å². The topological polar surface area (TPSA) is 50.8 Å². The second-order valence-electron chi connectivity index (χ2n) is 8.10. The average molecular weight is 525 g/mol. The highest BCUT2D eigenvalue weighted by atomic mass is 35.5. The first kappa shape index (κ1) is 25.4. The summed E-state index contributed by atoms with van der Waals surface area (Å²) in [6.45, 7) is 3.85. The van der Waals surface area contributed by atoms with E-state index in [0.29, 0.717) is 34.1 Å². The third-order valence-electron chi connectivity index (χ3n) is 5.63. The Balaban J connectivity index is 1.44. The number of aromatic nitrogens is 3. The van der Waals surface area contributed by atoms with Crippen LogP contribution >= 0.6 is 23.8 Å². The molecule has 7 nitrogen and oxygen atoms in total. The van der Waals surface area contributed by atoms with E-state index in [1.54, 1.807) is 24.3 Å². The molecule has 186 valence electrons. The molecule has 35 heavy (non-hydrogen) atoms. The van der Waals surface area contributed by atoms with Crippen LogP contribution in [0.25, 0.3) is 0 Å². The van der Waals surface area contributed by atoms with Gasteiger partial charge >= 0.3 is 6.18 Å². The first-order valence-electron chi connectivity index (χ1n) is 10.9. The van der Waals surface area contributed by atoms with Crippen molar-refractivity contribution >= 4 is 30.0 Å². The molecule has 1 fully saturated rings. The van der Waals surface area contributed by atoms with Crippen molar-refractivity contribution in [2.24, 2.45) is 5.10 Å². The predicted octanol–water partition coefficient (Wildman–Crippen LogP) is 4.75. The lowest BCUT2D eigenvalue weighted by Gasteiger charge is -2.34. The maximum absolute atomic E-state index is 13.7. The van der Waals surface area contributed by atoms with Crippen molar-refractivity contribution in [1.82, 2.24) is 24.3 Å². The van der Waals surface area contributed by atoms with Gasteiger partial charge in [0.25, 0.3) is 5.82 Å². The number of methoxy groups -OCH3 is 1. The molecule has 0 spiro atoms. The standard InChI is InChI=1S/C23H24ClF3N6OS/c1-34-20-8-4-17(5-9-20)14-28-33-21(23(25,26)27)29-32(22(33)35)16-31-12-10-30(11-13-31)15-18-2-6-19(24)7-3-18/h2-9,14H,10-13,15-16H2,1H3/b28-14+. The van der Waals surface area contributed by atoms with E-state index >= 15 is 0 Å². The van der Waals surface area contributed by atoms with E-state index in [2.05, 4.69) is 15.1 Å². The largest absolute Gasteiger partial charge is 0.497 e. The van der Waals surface area contributed by atoms with E-state index in [0.717, 1.165) is 25.2 Å². The average Bonchev–Trinajstić information content (AvgIpc) is 3.16. The van der Waals surface area contributed by atoms with Crippen LogP contribution in [0.1, 0.15) is 17.0 Å². The molecule has 2 heterocycles. The van der Waals surface area contributed by atoms with Crippen LogP contribution in [0.4, 0.5) is 13.2 Å². The summed E-state index contributed by atoms with van der Waals surface area (Å²) in [6.07, 6.45) is -3.39. The minimum Gasteiger partial charge on any atom is -0.497 e. The highest BCUT2D eigenvalue weighted by Crippen LogP contribution is 2.28. The Bertz CT molecular complexity index is 1220. The van der Waals surface area contributed by atoms with Crippen LogP contribution in [-0.2, 0) is 19.4 Å². The molecule has 1 saturated heterocycles. The lowest BCUT2D eigenvalue weighted by molar-refractivity contribution is -0.147. The Labute approximate surface area is 211 Å². The molecular weight excluding hydrogens is 501 g/mol. The van der Waals surface area contributed by atoms with Crippen LogP contribution in [0.2, 0.25) is 5.02 Å². The lowest BCUT2D eigenvalue weighted by Crippen LogP contribution is -2.46. The molecule has 0 aliphatic carbocycles. The second-order valence-corrected chi connectivity index (χ2v) is 8.90. The fraction of sp³-hybridized carbons (Fsp3) is 0.348. The molecule has 2 aromatic carbocycles. The Morgan fingerprint density at radius 3 is 2.26 bits per heavy atom. The van der Waals surface area contributed by atoms with Crippen molar-refractivity contribution in [2.45, 2.75) is 19.4 Å². The number of hydrogen-bond acceptors (Lipinski definition) is 6. The van der Waals surface area contributed by atoms with Crippen molar-refractivity contribution in [3.63, 3.8) is 0 Å². The Hall–Kier alpha value is -2.73. The molecular formula is C23H24ClF3N6OS. The third kappa shape index (κ3) is 6.49. The molecule has 3 aromatic rings. The van der Waals surface area contributed by atoms with Crippen LogP contribution in [-0.4, -0.2) is 63.8 Å². The summed E-state index contributed by atoms with van der Waals surface area (Å²) in [6, 6.07) is 14.5. The fourth-order valence-corrected chi connectivity index (χ4v) is 4.07. The van der Waals surface area contributed by atoms with Crippen LogP contribution in [0.3, 0.4) is 0 Å². The molecule has 0 bridgehead atoms. The number of halogens is 4. The van der Waals surface area contributed by atoms with E-state index < -0.39 is 12.0 Å². The van der Waals surface area contributed by atoms with Gasteiger partial charge in [-0.15, -0.1) is 5.10 Å². The molecule has 0 N–H and O–H groups in total. The van der Waals surface area contributed by atoms with Gasteiger partial charge in [-0.1, -0.05) is 23.7 Å². The highest BCUT2D eigenvalue weighted by molar-refractivity contribution is 7.71. The minimum absolute atomic E-state index is 0.120. The minimum atomic E-state index is -4.70. The van der Waals surface area contributed by atoms with Crippen molar-refractivity contribution in [1.29, 1.82) is 0 Å². The summed E-state index contributed by atoms with van der Waals surface area (Å²) in [5.41, 5.74) is 1.76. The van der Waals surface area contributed by atoms with E-state index in [9.17, 15) is 13.2 Å². The number of nitrogens with zero attached hydrogens (tertiary/aromatic N) is 6. The lowest BCUT2D eigenvalue weighted by atomic mass is 10.2. The van der Waals surface area contributed by atoms with Crippen molar-refractivity contribution < 1.29 is 17.9 Å². The van der Waals surface area contributed by atoms with Crippen LogP contribution in [0.5, 0.6) is 5.75 Å². The van der Waals surface area contributed by atoms with Crippen LogP contribution in [0.15, 0.2) is 53.6 Å². The van der Waals surface area contributed by atoms with Gasteiger partial charge < -0.3 is 4.74 Å². The Kier molecular flexibility index (Phi) is 7.90. The number of ether oxygens (including phenoxy) is 1. The van der Waals surface area contributed by atoms with Gasteiger partial charge in [0, 0.05) is 37.7 Å². The summed E-state index contributed by atoms with van der Waals surface area (Å²) in [7, 11) is 1.53. The maximum Gasteiger partial charge on any atom is 0.453 e. The zero-order chi connectivity index (χ0) is 25.0. The molecule has 0 radical (unpaired) electrons. The van der Waals surface area contributed by atoms with Gasteiger partial charge in [0.2, 0.25) is 4.77 Å². The van der Waals surface area contributed by atoms with Gasteiger partial charge in [-0.05, 0) is 59.7 Å². The van der Waals surface area contributed by atoms with E-state index in [1.165, 1.54) is 18.0 Å². The number of benzene rings is 2. The number of piperazine rings is 1. The SMILES string of the molecule is COc1ccc(/C=N/n2c(C(F)(F)F)nn(CN3CCN(Cc4ccc(Cl)cc4)CC3)c2=S)cc1. The number of hydrogen-bond donors (Lipinski definition) is 0. The first-order valence-corrected chi connectivity index (χ1v) is 11.7. The van der Waals surface area contributed by atoms with Gasteiger partial charge in [-0.3, -0.25) is 9.80 Å². The zero-order valence-corrected chi connectivity index (χ0v) is 20.5. The highest BCUT2D eigenvalue weighted by Gasteiger charge is 2.39. The summed E-state index contributed by atoms with van der Waals surface area (Å²) in [5, 5.41) is 8.44.